The van der Waals surface area contributed by atoms with Crippen LogP contribution < -0.4 is 9.75 Å². The third-order valence-electron chi connectivity index (χ3n) is 6.95. The van der Waals surface area contributed by atoms with E-state index >= 15 is 0 Å². The number of nitrogens with zero attached hydrogens (tertiary/aromatic N) is 5. The summed E-state index contributed by atoms with van der Waals surface area (Å²) in [6.07, 6.45) is 0.452. The molecule has 2 heterocycles. The number of aromatic nitrogens is 2. The van der Waals surface area contributed by atoms with E-state index in [9.17, 15) is 10.1 Å². The normalized spacial score (nSPS) is 14.9. The van der Waals surface area contributed by atoms with E-state index in [0.717, 1.165) is 44.7 Å². The summed E-state index contributed by atoms with van der Waals surface area (Å²) in [7, 11) is 1.62. The smallest absolute Gasteiger partial charge is 0.274 e. The van der Waals surface area contributed by atoms with E-state index in [-0.39, 0.29) is 10.6 Å². The van der Waals surface area contributed by atoms with Gasteiger partial charge in [0.05, 0.1) is 40.6 Å². The van der Waals surface area contributed by atoms with Gasteiger partial charge in [0.1, 0.15) is 5.75 Å². The molecule has 0 fully saturated rings. The Morgan fingerprint density at radius 2 is 1.56 bits per heavy atom. The molecule has 0 radical (unpaired) electrons. The van der Waals surface area contributed by atoms with Gasteiger partial charge in [0.15, 0.2) is 0 Å². The van der Waals surface area contributed by atoms with Crippen molar-refractivity contribution in [1.82, 2.24) is 9.97 Å². The van der Waals surface area contributed by atoms with Gasteiger partial charge in [-0.05, 0) is 48.9 Å². The van der Waals surface area contributed by atoms with Crippen LogP contribution in [0.1, 0.15) is 29.2 Å². The standard InChI is InChI=1S/C31H25N5O3/c1-20-11-13-22(14-12-20)30-24-7-3-5-9-26(24)32-31(33-30)35-29(25-8-4-6-10-28(25)36(37)38)19-27(34-35)21-15-17-23(39-2)18-16-21/h3-18,29H,19H2,1-2H3/t29-/m1/s1. The molecule has 0 bridgehead atoms. The number of benzene rings is 4. The molecule has 0 unspecified atom stereocenters. The number of para-hydroxylation sites is 2. The van der Waals surface area contributed by atoms with Crippen molar-refractivity contribution >= 4 is 28.3 Å². The highest BCUT2D eigenvalue weighted by Gasteiger charge is 2.36. The minimum absolute atomic E-state index is 0.0400. The number of hydrazone groups is 1. The molecule has 8 heteroatoms. The molecule has 39 heavy (non-hydrogen) atoms. The fourth-order valence-corrected chi connectivity index (χ4v) is 4.93. The second-order valence-corrected chi connectivity index (χ2v) is 9.41. The summed E-state index contributed by atoms with van der Waals surface area (Å²) in [4.78, 5) is 21.5. The van der Waals surface area contributed by atoms with Gasteiger partial charge in [0.2, 0.25) is 5.95 Å². The number of anilines is 1. The first-order chi connectivity index (χ1) is 19.0. The number of hydrogen-bond donors (Lipinski definition) is 0. The van der Waals surface area contributed by atoms with E-state index in [4.69, 9.17) is 19.8 Å². The Bertz CT molecular complexity index is 1720. The first-order valence-electron chi connectivity index (χ1n) is 12.6. The van der Waals surface area contributed by atoms with Gasteiger partial charge < -0.3 is 4.74 Å². The van der Waals surface area contributed by atoms with Crippen LogP contribution in [0.25, 0.3) is 22.2 Å². The van der Waals surface area contributed by atoms with Crippen LogP contribution in [0.2, 0.25) is 0 Å². The van der Waals surface area contributed by atoms with E-state index < -0.39 is 6.04 Å². The Balaban J connectivity index is 1.54. The number of methoxy groups -OCH3 is 1. The molecule has 0 aliphatic carbocycles. The quantitative estimate of drug-likeness (QED) is 0.181. The van der Waals surface area contributed by atoms with Crippen LogP contribution in [0, 0.1) is 17.0 Å². The van der Waals surface area contributed by atoms with Crippen molar-refractivity contribution in [2.24, 2.45) is 5.10 Å². The number of nitro groups is 1. The third-order valence-corrected chi connectivity index (χ3v) is 6.95. The van der Waals surface area contributed by atoms with Crippen molar-refractivity contribution in [2.45, 2.75) is 19.4 Å². The highest BCUT2D eigenvalue weighted by atomic mass is 16.6. The summed E-state index contributed by atoms with van der Waals surface area (Å²) in [5.74, 6) is 1.13. The molecule has 0 N–H and O–H groups in total. The maximum atomic E-state index is 12.0. The molecule has 192 valence electrons. The van der Waals surface area contributed by atoms with Gasteiger partial charge in [0.25, 0.3) is 5.69 Å². The van der Waals surface area contributed by atoms with Crippen LogP contribution in [0.4, 0.5) is 11.6 Å². The summed E-state index contributed by atoms with van der Waals surface area (Å²) < 4.78 is 5.31. The SMILES string of the molecule is COc1ccc(C2=NN(c3nc(-c4ccc(C)cc4)c4ccccc4n3)[C@@H](c3ccccc3[N+](=O)[O-])C2)cc1. The lowest BCUT2D eigenvalue weighted by Crippen LogP contribution is -2.22. The number of nitro benzene ring substituents is 1. The van der Waals surface area contributed by atoms with Gasteiger partial charge in [-0.15, -0.1) is 0 Å². The van der Waals surface area contributed by atoms with Gasteiger partial charge in [-0.2, -0.15) is 5.10 Å². The number of fused-ring (bicyclic) bond motifs is 1. The Morgan fingerprint density at radius 3 is 2.31 bits per heavy atom. The van der Waals surface area contributed by atoms with Gasteiger partial charge in [-0.25, -0.2) is 15.0 Å². The van der Waals surface area contributed by atoms with Crippen molar-refractivity contribution in [3.8, 4) is 17.0 Å². The van der Waals surface area contributed by atoms with E-state index in [1.54, 1.807) is 24.3 Å². The topological polar surface area (TPSA) is 93.8 Å². The molecule has 6 rings (SSSR count). The van der Waals surface area contributed by atoms with E-state index in [2.05, 4.69) is 12.1 Å². The molecule has 0 spiro atoms. The zero-order chi connectivity index (χ0) is 26.9. The average molecular weight is 516 g/mol. The largest absolute Gasteiger partial charge is 0.497 e. The lowest BCUT2D eigenvalue weighted by molar-refractivity contribution is -0.385. The molecule has 4 aromatic carbocycles. The monoisotopic (exact) mass is 515 g/mol. The molecule has 1 aliphatic heterocycles. The summed E-state index contributed by atoms with van der Waals surface area (Å²) in [5.41, 5.74) is 5.96. The number of rotatable bonds is 6. The van der Waals surface area contributed by atoms with Crippen LogP contribution in [0.3, 0.4) is 0 Å². The Kier molecular flexibility index (Phi) is 6.20. The van der Waals surface area contributed by atoms with Gasteiger partial charge in [0, 0.05) is 23.4 Å². The van der Waals surface area contributed by atoms with Crippen LogP contribution in [-0.2, 0) is 0 Å². The van der Waals surface area contributed by atoms with Gasteiger partial charge >= 0.3 is 0 Å². The van der Waals surface area contributed by atoms with E-state index in [1.807, 2.05) is 73.7 Å². The number of hydrogen-bond acceptors (Lipinski definition) is 7. The van der Waals surface area contributed by atoms with E-state index in [0.29, 0.717) is 17.9 Å². The molecule has 5 aromatic rings. The fraction of sp³-hybridized carbons (Fsp3) is 0.129. The molecular formula is C31H25N5O3. The van der Waals surface area contributed by atoms with Crippen LogP contribution >= 0.6 is 0 Å². The highest BCUT2D eigenvalue weighted by molar-refractivity contribution is 6.03. The van der Waals surface area contributed by atoms with Gasteiger partial charge in [-0.3, -0.25) is 10.1 Å². The second-order valence-electron chi connectivity index (χ2n) is 9.41. The lowest BCUT2D eigenvalue weighted by atomic mass is 9.97. The molecule has 1 aromatic heterocycles. The lowest BCUT2D eigenvalue weighted by Gasteiger charge is -2.23. The Hall–Kier alpha value is -5.11. The molecular weight excluding hydrogens is 490 g/mol. The third kappa shape index (κ3) is 4.57. The molecule has 1 atom stereocenters. The predicted octanol–water partition coefficient (Wildman–Crippen LogP) is 6.88. The van der Waals surface area contributed by atoms with Crippen LogP contribution in [0.15, 0.2) is 102 Å². The van der Waals surface area contributed by atoms with Gasteiger partial charge in [-0.1, -0.05) is 60.2 Å². The summed E-state index contributed by atoms with van der Waals surface area (Å²) in [5, 5.41) is 19.6. The van der Waals surface area contributed by atoms with Crippen molar-refractivity contribution in [2.75, 3.05) is 12.1 Å². The Morgan fingerprint density at radius 1 is 0.872 bits per heavy atom. The number of aryl methyl sites for hydroxylation is 1. The second kappa shape index (κ2) is 9.98. The molecule has 0 saturated heterocycles. The first-order valence-corrected chi connectivity index (χ1v) is 12.6. The predicted molar refractivity (Wildman–Crippen MR) is 152 cm³/mol. The molecule has 0 saturated carbocycles. The zero-order valence-electron chi connectivity index (χ0n) is 21.5. The van der Waals surface area contributed by atoms with Crippen molar-refractivity contribution < 1.29 is 9.66 Å². The average Bonchev–Trinajstić information content (AvgIpc) is 3.42. The summed E-state index contributed by atoms with van der Waals surface area (Å²) >= 11 is 0. The molecule has 1 aliphatic rings. The molecule has 8 nitrogen and oxygen atoms in total. The van der Waals surface area contributed by atoms with E-state index in [1.165, 1.54) is 6.07 Å². The Labute approximate surface area is 225 Å². The van der Waals surface area contributed by atoms with Crippen molar-refractivity contribution in [3.63, 3.8) is 0 Å². The maximum absolute atomic E-state index is 12.0. The minimum Gasteiger partial charge on any atom is -0.497 e. The highest BCUT2D eigenvalue weighted by Crippen LogP contribution is 2.40. The zero-order valence-corrected chi connectivity index (χ0v) is 21.5. The molecule has 0 amide bonds. The fourth-order valence-electron chi connectivity index (χ4n) is 4.93. The maximum Gasteiger partial charge on any atom is 0.274 e. The van der Waals surface area contributed by atoms with Crippen molar-refractivity contribution in [1.29, 1.82) is 0 Å². The first kappa shape index (κ1) is 24.2. The van der Waals surface area contributed by atoms with Crippen LogP contribution in [0.5, 0.6) is 5.75 Å². The summed E-state index contributed by atoms with van der Waals surface area (Å²) in [6, 6.07) is 30.0. The minimum atomic E-state index is -0.462. The number of ether oxygens (including phenoxy) is 1. The van der Waals surface area contributed by atoms with Crippen molar-refractivity contribution in [3.05, 3.63) is 124 Å². The summed E-state index contributed by atoms with van der Waals surface area (Å²) in [6.45, 7) is 2.05. The van der Waals surface area contributed by atoms with Crippen LogP contribution in [-0.4, -0.2) is 27.7 Å².